The second-order valence-electron chi connectivity index (χ2n) is 6.36. The summed E-state index contributed by atoms with van der Waals surface area (Å²) in [6.45, 7) is 0.725. The number of nitrogens with zero attached hydrogens (tertiary/aromatic N) is 1. The lowest BCUT2D eigenvalue weighted by molar-refractivity contribution is -0.120. The lowest BCUT2D eigenvalue weighted by Crippen LogP contribution is -2.25. The molecule has 1 aromatic carbocycles. The summed E-state index contributed by atoms with van der Waals surface area (Å²) in [6, 6.07) is 5.52. The first-order valence-corrected chi connectivity index (χ1v) is 8.48. The number of amides is 2. The van der Waals surface area contributed by atoms with E-state index in [-0.39, 0.29) is 17.7 Å². The van der Waals surface area contributed by atoms with Crippen molar-refractivity contribution in [1.82, 2.24) is 0 Å². The van der Waals surface area contributed by atoms with Crippen LogP contribution >= 0.6 is 0 Å². The molecule has 3 rings (SSSR count). The van der Waals surface area contributed by atoms with Gasteiger partial charge in [0.1, 0.15) is 5.75 Å². The Kier molecular flexibility index (Phi) is 4.84. The zero-order valence-corrected chi connectivity index (χ0v) is 13.6. The van der Waals surface area contributed by atoms with E-state index in [9.17, 15) is 9.59 Å². The molecule has 2 aliphatic rings. The highest BCUT2D eigenvalue weighted by molar-refractivity contribution is 5.98. The van der Waals surface area contributed by atoms with E-state index in [1.165, 1.54) is 6.42 Å². The molecule has 1 N–H and O–H groups in total. The number of hydrogen-bond donors (Lipinski definition) is 1. The molecule has 0 atom stereocenters. The van der Waals surface area contributed by atoms with Crippen molar-refractivity contribution in [3.05, 3.63) is 18.2 Å². The van der Waals surface area contributed by atoms with E-state index in [4.69, 9.17) is 4.74 Å². The van der Waals surface area contributed by atoms with Crippen LogP contribution in [0.3, 0.4) is 0 Å². The van der Waals surface area contributed by atoms with Crippen LogP contribution in [0.25, 0.3) is 0 Å². The molecule has 1 saturated heterocycles. The van der Waals surface area contributed by atoms with Crippen LogP contribution in [0.5, 0.6) is 5.75 Å². The molecule has 1 saturated carbocycles. The van der Waals surface area contributed by atoms with Gasteiger partial charge in [0, 0.05) is 30.6 Å². The van der Waals surface area contributed by atoms with Gasteiger partial charge in [0.05, 0.1) is 12.8 Å². The second-order valence-corrected chi connectivity index (χ2v) is 6.36. The number of benzene rings is 1. The number of methoxy groups -OCH3 is 1. The predicted molar refractivity (Wildman–Crippen MR) is 89.8 cm³/mol. The molecule has 1 aliphatic carbocycles. The maximum Gasteiger partial charge on any atom is 0.227 e. The lowest BCUT2D eigenvalue weighted by Gasteiger charge is -2.22. The van der Waals surface area contributed by atoms with Crippen LogP contribution in [0.4, 0.5) is 11.4 Å². The average molecular weight is 316 g/mol. The van der Waals surface area contributed by atoms with Crippen molar-refractivity contribution in [2.45, 2.75) is 44.9 Å². The Morgan fingerprint density at radius 2 is 2.00 bits per heavy atom. The van der Waals surface area contributed by atoms with E-state index in [1.54, 1.807) is 12.0 Å². The summed E-state index contributed by atoms with van der Waals surface area (Å²) in [5.74, 6) is 0.968. The molecule has 23 heavy (non-hydrogen) atoms. The minimum atomic E-state index is 0.0942. The standard InChI is InChI=1S/C18H24N2O3/c1-23-16-12-14(19-18(22)13-6-3-2-4-7-13)9-10-15(16)20-11-5-8-17(20)21/h9-10,12-13H,2-8,11H2,1H3,(H,19,22). The van der Waals surface area contributed by atoms with Gasteiger partial charge < -0.3 is 15.0 Å². The average Bonchev–Trinajstić information content (AvgIpc) is 3.01. The summed E-state index contributed by atoms with van der Waals surface area (Å²) < 4.78 is 5.43. The third kappa shape index (κ3) is 3.49. The maximum atomic E-state index is 12.3. The fraction of sp³-hybridized carbons (Fsp3) is 0.556. The van der Waals surface area contributed by atoms with Gasteiger partial charge in [-0.25, -0.2) is 0 Å². The molecule has 2 amide bonds. The highest BCUT2D eigenvalue weighted by atomic mass is 16.5. The summed E-state index contributed by atoms with van der Waals surface area (Å²) >= 11 is 0. The van der Waals surface area contributed by atoms with E-state index in [0.29, 0.717) is 12.2 Å². The summed E-state index contributed by atoms with van der Waals surface area (Å²) in [5.41, 5.74) is 1.51. The molecule has 1 aromatic rings. The fourth-order valence-corrected chi connectivity index (χ4v) is 3.49. The smallest absolute Gasteiger partial charge is 0.227 e. The molecule has 5 heteroatoms. The molecule has 0 aromatic heterocycles. The molecule has 2 fully saturated rings. The Morgan fingerprint density at radius 1 is 1.22 bits per heavy atom. The van der Waals surface area contributed by atoms with Crippen molar-refractivity contribution in [1.29, 1.82) is 0 Å². The minimum Gasteiger partial charge on any atom is -0.494 e. The Balaban J connectivity index is 1.73. The quantitative estimate of drug-likeness (QED) is 0.927. The number of carbonyl (C=O) groups is 2. The van der Waals surface area contributed by atoms with Gasteiger partial charge in [0.2, 0.25) is 11.8 Å². The summed E-state index contributed by atoms with van der Waals surface area (Å²) in [4.78, 5) is 26.0. The Hall–Kier alpha value is -2.04. The first-order chi connectivity index (χ1) is 11.2. The van der Waals surface area contributed by atoms with Crippen LogP contribution < -0.4 is 15.0 Å². The van der Waals surface area contributed by atoms with Gasteiger partial charge >= 0.3 is 0 Å². The van der Waals surface area contributed by atoms with Crippen molar-refractivity contribution in [3.63, 3.8) is 0 Å². The van der Waals surface area contributed by atoms with Gasteiger partial charge in [-0.3, -0.25) is 9.59 Å². The molecule has 0 radical (unpaired) electrons. The molecule has 1 heterocycles. The predicted octanol–water partition coefficient (Wildman–Crippen LogP) is 3.34. The van der Waals surface area contributed by atoms with Crippen LogP contribution in [0.2, 0.25) is 0 Å². The maximum absolute atomic E-state index is 12.3. The van der Waals surface area contributed by atoms with E-state index in [1.807, 2.05) is 18.2 Å². The lowest BCUT2D eigenvalue weighted by atomic mass is 9.88. The molecule has 1 aliphatic heterocycles. The van der Waals surface area contributed by atoms with Crippen molar-refractivity contribution in [3.8, 4) is 5.75 Å². The van der Waals surface area contributed by atoms with E-state index >= 15 is 0 Å². The summed E-state index contributed by atoms with van der Waals surface area (Å²) in [5, 5.41) is 2.99. The van der Waals surface area contributed by atoms with Crippen molar-refractivity contribution >= 4 is 23.2 Å². The minimum absolute atomic E-state index is 0.0942. The van der Waals surface area contributed by atoms with Crippen molar-refractivity contribution < 1.29 is 14.3 Å². The fourth-order valence-electron chi connectivity index (χ4n) is 3.49. The van der Waals surface area contributed by atoms with E-state index in [0.717, 1.165) is 50.0 Å². The van der Waals surface area contributed by atoms with Gasteiger partial charge in [-0.2, -0.15) is 0 Å². The zero-order valence-electron chi connectivity index (χ0n) is 13.6. The topological polar surface area (TPSA) is 58.6 Å². The number of carbonyl (C=O) groups excluding carboxylic acids is 2. The van der Waals surface area contributed by atoms with Crippen molar-refractivity contribution in [2.24, 2.45) is 5.92 Å². The van der Waals surface area contributed by atoms with Crippen LogP contribution in [-0.4, -0.2) is 25.5 Å². The van der Waals surface area contributed by atoms with Crippen molar-refractivity contribution in [2.75, 3.05) is 23.9 Å². The second kappa shape index (κ2) is 7.02. The van der Waals surface area contributed by atoms with E-state index in [2.05, 4.69) is 5.32 Å². The number of nitrogens with one attached hydrogen (secondary N) is 1. The number of ether oxygens (including phenoxy) is 1. The van der Waals surface area contributed by atoms with Crippen LogP contribution in [-0.2, 0) is 9.59 Å². The van der Waals surface area contributed by atoms with Gasteiger partial charge in [0.25, 0.3) is 0 Å². The van der Waals surface area contributed by atoms with Gasteiger partial charge in [-0.15, -0.1) is 0 Å². The number of rotatable bonds is 4. The summed E-state index contributed by atoms with van der Waals surface area (Å²) in [7, 11) is 1.59. The van der Waals surface area contributed by atoms with Crippen LogP contribution in [0.1, 0.15) is 44.9 Å². The first kappa shape index (κ1) is 15.8. The Morgan fingerprint density at radius 3 is 2.65 bits per heavy atom. The molecule has 0 unspecified atom stereocenters. The zero-order chi connectivity index (χ0) is 16.2. The Labute approximate surface area is 137 Å². The largest absolute Gasteiger partial charge is 0.494 e. The Bertz CT molecular complexity index is 594. The molecular formula is C18H24N2O3. The third-order valence-corrected chi connectivity index (χ3v) is 4.79. The van der Waals surface area contributed by atoms with Gasteiger partial charge in [-0.05, 0) is 31.4 Å². The molecule has 0 spiro atoms. The summed E-state index contributed by atoms with van der Waals surface area (Å²) in [6.07, 6.45) is 6.92. The SMILES string of the molecule is COc1cc(NC(=O)C2CCCCC2)ccc1N1CCCC1=O. The van der Waals surface area contributed by atoms with E-state index < -0.39 is 0 Å². The molecule has 5 nitrogen and oxygen atoms in total. The molecular weight excluding hydrogens is 292 g/mol. The monoisotopic (exact) mass is 316 g/mol. The normalized spacial score (nSPS) is 19.0. The van der Waals surface area contributed by atoms with Crippen LogP contribution in [0, 0.1) is 5.92 Å². The molecule has 124 valence electrons. The highest BCUT2D eigenvalue weighted by Gasteiger charge is 2.25. The number of anilines is 2. The van der Waals surface area contributed by atoms with Gasteiger partial charge in [-0.1, -0.05) is 19.3 Å². The number of hydrogen-bond acceptors (Lipinski definition) is 3. The van der Waals surface area contributed by atoms with Gasteiger partial charge in [0.15, 0.2) is 0 Å². The highest BCUT2D eigenvalue weighted by Crippen LogP contribution is 2.34. The van der Waals surface area contributed by atoms with Crippen LogP contribution in [0.15, 0.2) is 18.2 Å². The first-order valence-electron chi connectivity index (χ1n) is 8.48. The molecule has 0 bridgehead atoms. The third-order valence-electron chi connectivity index (χ3n) is 4.79.